The molecule has 1 heterocycles. The van der Waals surface area contributed by atoms with Crippen LogP contribution in [-0.4, -0.2) is 37.1 Å². The number of carbonyl (C=O) groups is 1. The maximum absolute atomic E-state index is 13.3. The van der Waals surface area contributed by atoms with Crippen LogP contribution in [0, 0.1) is 24.4 Å². The quantitative estimate of drug-likeness (QED) is 0.737. The Morgan fingerprint density at radius 3 is 2.21 bits per heavy atom. The van der Waals surface area contributed by atoms with Crippen molar-refractivity contribution in [3.8, 4) is 0 Å². The molecule has 0 radical (unpaired) electrons. The highest BCUT2D eigenvalue weighted by atomic mass is 19.2. The van der Waals surface area contributed by atoms with Gasteiger partial charge >= 0.3 is 0 Å². The number of aryl methyl sites for hydroxylation is 1. The summed E-state index contributed by atoms with van der Waals surface area (Å²) in [6.07, 6.45) is 4.93. The van der Waals surface area contributed by atoms with Gasteiger partial charge < -0.3 is 15.5 Å². The molecule has 0 unspecified atom stereocenters. The van der Waals surface area contributed by atoms with E-state index in [0.29, 0.717) is 12.1 Å². The number of nitrogens with one attached hydrogen (secondary N) is 2. The lowest BCUT2D eigenvalue weighted by Gasteiger charge is -2.30. The largest absolute Gasteiger partial charge is 0.377 e. The van der Waals surface area contributed by atoms with E-state index >= 15 is 0 Å². The van der Waals surface area contributed by atoms with Crippen molar-refractivity contribution in [1.82, 2.24) is 10.3 Å². The third-order valence-corrected chi connectivity index (χ3v) is 5.22. The van der Waals surface area contributed by atoms with E-state index in [9.17, 15) is 18.0 Å². The van der Waals surface area contributed by atoms with Gasteiger partial charge in [0.1, 0.15) is 5.82 Å². The van der Waals surface area contributed by atoms with Gasteiger partial charge in [-0.25, -0.2) is 18.2 Å². The number of benzene rings is 1. The zero-order chi connectivity index (χ0) is 21.1. The topological polar surface area (TPSA) is 57.3 Å². The molecule has 29 heavy (non-hydrogen) atoms. The van der Waals surface area contributed by atoms with Crippen LogP contribution < -0.4 is 15.5 Å². The molecular weight excluding hydrogens is 381 g/mol. The number of hydrogen-bond donors (Lipinski definition) is 2. The minimum Gasteiger partial charge on any atom is -0.377 e. The van der Waals surface area contributed by atoms with Gasteiger partial charge in [0, 0.05) is 49.7 Å². The monoisotopic (exact) mass is 406 g/mol. The second-order valence-electron chi connectivity index (χ2n) is 7.67. The Labute approximate surface area is 168 Å². The Bertz CT molecular complexity index is 872. The second-order valence-corrected chi connectivity index (χ2v) is 7.67. The first-order valence-electron chi connectivity index (χ1n) is 9.60. The molecule has 0 bridgehead atoms. The minimum absolute atomic E-state index is 0.0972. The van der Waals surface area contributed by atoms with Gasteiger partial charge in [-0.15, -0.1) is 0 Å². The van der Waals surface area contributed by atoms with Gasteiger partial charge in [0.15, 0.2) is 17.5 Å². The summed E-state index contributed by atoms with van der Waals surface area (Å²) in [4.78, 5) is 18.7. The molecule has 156 valence electrons. The normalized spacial score (nSPS) is 19.0. The van der Waals surface area contributed by atoms with Crippen LogP contribution in [0.5, 0.6) is 0 Å². The first-order valence-corrected chi connectivity index (χ1v) is 9.60. The molecule has 3 rings (SSSR count). The molecule has 5 nitrogen and oxygen atoms in total. The molecule has 1 aliphatic carbocycles. The highest BCUT2D eigenvalue weighted by Gasteiger charge is 2.24. The van der Waals surface area contributed by atoms with Crippen LogP contribution in [0.3, 0.4) is 0 Å². The number of nitrogens with zero attached hydrogens (tertiary/aromatic N) is 2. The van der Waals surface area contributed by atoms with Crippen LogP contribution >= 0.6 is 0 Å². The van der Waals surface area contributed by atoms with Crippen molar-refractivity contribution in [2.24, 2.45) is 0 Å². The van der Waals surface area contributed by atoms with E-state index < -0.39 is 23.4 Å². The molecule has 1 amide bonds. The van der Waals surface area contributed by atoms with Crippen molar-refractivity contribution < 1.29 is 18.0 Å². The number of halogens is 3. The predicted molar refractivity (Wildman–Crippen MR) is 107 cm³/mol. The number of pyridine rings is 1. The fourth-order valence-electron chi connectivity index (χ4n) is 3.62. The molecule has 1 aliphatic rings. The minimum atomic E-state index is -1.57. The highest BCUT2D eigenvalue weighted by Crippen LogP contribution is 2.25. The fraction of sp³-hybridized carbons (Fsp3) is 0.429. The zero-order valence-electron chi connectivity index (χ0n) is 16.7. The van der Waals surface area contributed by atoms with Gasteiger partial charge in [0.25, 0.3) is 5.91 Å². The van der Waals surface area contributed by atoms with E-state index in [-0.39, 0.29) is 17.6 Å². The van der Waals surface area contributed by atoms with E-state index in [1.165, 1.54) is 0 Å². The number of carbonyl (C=O) groups excluding carboxylic acids is 1. The smallest absolute Gasteiger partial charge is 0.251 e. The van der Waals surface area contributed by atoms with Crippen LogP contribution in [0.2, 0.25) is 0 Å². The molecule has 2 N–H and O–H groups in total. The molecule has 8 heteroatoms. The molecule has 1 fully saturated rings. The third kappa shape index (κ3) is 4.99. The summed E-state index contributed by atoms with van der Waals surface area (Å²) in [5, 5.41) is 6.22. The lowest BCUT2D eigenvalue weighted by Crippen LogP contribution is -2.40. The van der Waals surface area contributed by atoms with Crippen molar-refractivity contribution >= 4 is 17.4 Å². The highest BCUT2D eigenvalue weighted by molar-refractivity contribution is 5.94. The van der Waals surface area contributed by atoms with E-state index in [2.05, 4.69) is 15.6 Å². The third-order valence-electron chi connectivity index (χ3n) is 5.22. The molecule has 1 aromatic heterocycles. The Balaban J connectivity index is 1.54. The number of amides is 1. The lowest BCUT2D eigenvalue weighted by atomic mass is 9.91. The van der Waals surface area contributed by atoms with Crippen molar-refractivity contribution in [2.75, 3.05) is 24.3 Å². The van der Waals surface area contributed by atoms with Crippen LogP contribution in [-0.2, 0) is 0 Å². The first-order chi connectivity index (χ1) is 13.7. The maximum atomic E-state index is 13.3. The number of anilines is 2. The van der Waals surface area contributed by atoms with Gasteiger partial charge in [0.05, 0.1) is 0 Å². The number of rotatable bonds is 5. The summed E-state index contributed by atoms with van der Waals surface area (Å²) in [5.41, 5.74) is 1.98. The molecule has 0 saturated heterocycles. The van der Waals surface area contributed by atoms with E-state index in [4.69, 9.17) is 0 Å². The number of hydrogen-bond acceptors (Lipinski definition) is 4. The van der Waals surface area contributed by atoms with E-state index in [0.717, 1.165) is 42.8 Å². The van der Waals surface area contributed by atoms with Crippen LogP contribution in [0.25, 0.3) is 0 Å². The lowest BCUT2D eigenvalue weighted by molar-refractivity contribution is 0.0925. The average Bonchev–Trinajstić information content (AvgIpc) is 2.68. The van der Waals surface area contributed by atoms with Gasteiger partial charge in [0.2, 0.25) is 0 Å². The van der Waals surface area contributed by atoms with E-state index in [1.54, 1.807) is 0 Å². The van der Waals surface area contributed by atoms with Crippen molar-refractivity contribution in [2.45, 2.75) is 44.7 Å². The molecule has 0 atom stereocenters. The Kier molecular flexibility index (Phi) is 6.30. The van der Waals surface area contributed by atoms with Gasteiger partial charge in [-0.1, -0.05) is 0 Å². The fourth-order valence-corrected chi connectivity index (χ4v) is 3.62. The van der Waals surface area contributed by atoms with Crippen LogP contribution in [0.15, 0.2) is 24.4 Å². The molecule has 1 saturated carbocycles. The number of aromatic nitrogens is 1. The van der Waals surface area contributed by atoms with Crippen molar-refractivity contribution in [1.29, 1.82) is 0 Å². The average molecular weight is 406 g/mol. The maximum Gasteiger partial charge on any atom is 0.251 e. The Hall–Kier alpha value is -2.77. The summed E-state index contributed by atoms with van der Waals surface area (Å²) in [5.74, 6) is -4.11. The second kappa shape index (κ2) is 8.71. The molecular formula is C21H25F3N4O. The summed E-state index contributed by atoms with van der Waals surface area (Å²) < 4.78 is 39.7. The van der Waals surface area contributed by atoms with Crippen molar-refractivity contribution in [3.05, 3.63) is 53.0 Å². The predicted octanol–water partition coefficient (Wildman–Crippen LogP) is 4.03. The Morgan fingerprint density at radius 1 is 1.03 bits per heavy atom. The first kappa shape index (κ1) is 21.0. The molecule has 0 spiro atoms. The molecule has 0 aliphatic heterocycles. The SMILES string of the molecule is Cc1cnc(N[C@H]2CC[C@@H](NC(=O)c3cc(F)c(F)c(F)c3)CC2)cc1N(C)C. The standard InChI is InChI=1S/C21H25F3N4O/c1-12-11-25-19(10-18(12)28(2)3)26-14-4-6-15(7-5-14)27-21(29)13-8-16(22)20(24)17(23)9-13/h8-11,14-15H,4-7H2,1-3H3,(H,25,26)(H,27,29)/t14-,15+. The zero-order valence-corrected chi connectivity index (χ0v) is 16.7. The Morgan fingerprint density at radius 2 is 1.62 bits per heavy atom. The van der Waals surface area contributed by atoms with Gasteiger partial charge in [-0.05, 0) is 50.3 Å². The van der Waals surface area contributed by atoms with Crippen LogP contribution in [0.4, 0.5) is 24.7 Å². The summed E-state index contributed by atoms with van der Waals surface area (Å²) >= 11 is 0. The van der Waals surface area contributed by atoms with Crippen molar-refractivity contribution in [3.63, 3.8) is 0 Å². The van der Waals surface area contributed by atoms with Gasteiger partial charge in [-0.3, -0.25) is 4.79 Å². The van der Waals surface area contributed by atoms with Crippen LogP contribution in [0.1, 0.15) is 41.6 Å². The summed E-state index contributed by atoms with van der Waals surface area (Å²) in [7, 11) is 3.97. The summed E-state index contributed by atoms with van der Waals surface area (Å²) in [6, 6.07) is 3.58. The molecule has 2 aromatic rings. The van der Waals surface area contributed by atoms with E-state index in [1.807, 2.05) is 38.2 Å². The molecule has 1 aromatic carbocycles. The van der Waals surface area contributed by atoms with Gasteiger partial charge in [-0.2, -0.15) is 0 Å². The summed E-state index contributed by atoms with van der Waals surface area (Å²) in [6.45, 7) is 2.01.